The van der Waals surface area contributed by atoms with Gasteiger partial charge in [0, 0.05) is 12.6 Å². The van der Waals surface area contributed by atoms with E-state index in [1.165, 1.54) is 23.9 Å². The Bertz CT molecular complexity index is 726. The second kappa shape index (κ2) is 4.80. The van der Waals surface area contributed by atoms with Crippen LogP contribution in [0.4, 0.5) is 5.95 Å². The fourth-order valence-electron chi connectivity index (χ4n) is 1.61. The van der Waals surface area contributed by atoms with Crippen molar-refractivity contribution in [3.8, 4) is 11.4 Å². The lowest BCUT2D eigenvalue weighted by Gasteiger charge is -2.07. The van der Waals surface area contributed by atoms with Crippen molar-refractivity contribution in [2.24, 2.45) is 7.05 Å². The van der Waals surface area contributed by atoms with Crippen LogP contribution >= 0.6 is 11.6 Å². The maximum atomic E-state index is 11.8. The van der Waals surface area contributed by atoms with Crippen molar-refractivity contribution in [1.82, 2.24) is 19.5 Å². The minimum Gasteiger partial charge on any atom is -0.366 e. The summed E-state index contributed by atoms with van der Waals surface area (Å²) < 4.78 is 27.3. The van der Waals surface area contributed by atoms with Gasteiger partial charge in [0.2, 0.25) is 16.0 Å². The molecule has 0 aliphatic heterocycles. The maximum absolute atomic E-state index is 11.8. The number of nitrogens with zero attached hydrogens (tertiary/aromatic N) is 3. The number of aryl methyl sites for hydroxylation is 1. The third-order valence-corrected chi connectivity index (χ3v) is 4.42. The van der Waals surface area contributed by atoms with Gasteiger partial charge in [0.1, 0.15) is 4.90 Å². The van der Waals surface area contributed by atoms with Crippen LogP contribution in [0.1, 0.15) is 0 Å². The van der Waals surface area contributed by atoms with E-state index in [1.807, 2.05) is 0 Å². The molecule has 0 spiro atoms. The summed E-state index contributed by atoms with van der Waals surface area (Å²) in [6.45, 7) is 0. The maximum Gasteiger partial charge on any atom is 0.241 e. The Balaban J connectivity index is 2.63. The molecule has 0 radical (unpaired) electrons. The lowest BCUT2D eigenvalue weighted by molar-refractivity contribution is 0.588. The van der Waals surface area contributed by atoms with E-state index < -0.39 is 10.0 Å². The molecule has 19 heavy (non-hydrogen) atoms. The number of halogens is 1. The van der Waals surface area contributed by atoms with Gasteiger partial charge >= 0.3 is 0 Å². The van der Waals surface area contributed by atoms with Crippen LogP contribution in [0.25, 0.3) is 11.4 Å². The molecule has 1 aromatic heterocycles. The summed E-state index contributed by atoms with van der Waals surface area (Å²) >= 11 is 5.91. The molecule has 2 rings (SSSR count). The highest BCUT2D eigenvalue weighted by atomic mass is 35.5. The van der Waals surface area contributed by atoms with Gasteiger partial charge in [0.15, 0.2) is 5.82 Å². The predicted molar refractivity (Wildman–Crippen MR) is 72.1 cm³/mol. The van der Waals surface area contributed by atoms with Gasteiger partial charge in [-0.3, -0.25) is 0 Å². The van der Waals surface area contributed by atoms with Crippen LogP contribution in [0.3, 0.4) is 0 Å². The van der Waals surface area contributed by atoms with E-state index in [-0.39, 0.29) is 15.9 Å². The summed E-state index contributed by atoms with van der Waals surface area (Å²) in [6, 6.07) is 4.57. The van der Waals surface area contributed by atoms with Gasteiger partial charge < -0.3 is 5.73 Å². The van der Waals surface area contributed by atoms with Crippen LogP contribution in [0.15, 0.2) is 23.1 Å². The number of anilines is 1. The number of nitrogens with two attached hydrogens (primary N) is 1. The van der Waals surface area contributed by atoms with E-state index in [2.05, 4.69) is 14.8 Å². The third kappa shape index (κ3) is 2.55. The summed E-state index contributed by atoms with van der Waals surface area (Å²) in [7, 11) is -0.652. The molecule has 0 unspecified atom stereocenters. The highest BCUT2D eigenvalue weighted by Crippen LogP contribution is 2.27. The minimum atomic E-state index is -3.64. The van der Waals surface area contributed by atoms with E-state index in [0.29, 0.717) is 11.4 Å². The molecular weight excluding hydrogens is 290 g/mol. The van der Waals surface area contributed by atoms with E-state index in [4.69, 9.17) is 17.3 Å². The van der Waals surface area contributed by atoms with Crippen LogP contribution in [0.2, 0.25) is 5.02 Å². The fourth-order valence-corrected chi connectivity index (χ4v) is 2.86. The van der Waals surface area contributed by atoms with Crippen LogP contribution in [-0.4, -0.2) is 30.2 Å². The first-order valence-electron chi connectivity index (χ1n) is 5.25. The van der Waals surface area contributed by atoms with Crippen molar-refractivity contribution in [3.63, 3.8) is 0 Å². The molecule has 9 heteroatoms. The number of nitrogen functional groups attached to an aromatic ring is 1. The van der Waals surface area contributed by atoms with E-state index in [0.717, 1.165) is 0 Å². The zero-order valence-corrected chi connectivity index (χ0v) is 11.8. The average Bonchev–Trinajstić information content (AvgIpc) is 2.69. The molecule has 2 aromatic rings. The standard InChI is InChI=1S/C10H12ClN5O2S/c1-13-19(17,18)8-5-6(3-4-7(8)11)9-14-10(12)15-16(9)2/h3-5,13H,1-2H3,(H2,12,15). The average molecular weight is 302 g/mol. The Morgan fingerprint density at radius 1 is 1.42 bits per heavy atom. The second-order valence-corrected chi connectivity index (χ2v) is 6.03. The molecule has 3 N–H and O–H groups in total. The Hall–Kier alpha value is -1.64. The molecule has 0 aliphatic rings. The lowest BCUT2D eigenvalue weighted by Crippen LogP contribution is -2.19. The molecule has 7 nitrogen and oxygen atoms in total. The predicted octanol–water partition coefficient (Wildman–Crippen LogP) is 0.626. The number of aromatic nitrogens is 3. The number of hydrogen-bond acceptors (Lipinski definition) is 5. The second-order valence-electron chi connectivity index (χ2n) is 3.77. The van der Waals surface area contributed by atoms with Gasteiger partial charge in [-0.15, -0.1) is 5.10 Å². The molecule has 0 saturated carbocycles. The molecule has 0 amide bonds. The monoisotopic (exact) mass is 301 g/mol. The van der Waals surface area contributed by atoms with Crippen molar-refractivity contribution in [2.75, 3.05) is 12.8 Å². The number of sulfonamides is 1. The SMILES string of the molecule is CNS(=O)(=O)c1cc(-c2nc(N)nn2C)ccc1Cl. The van der Waals surface area contributed by atoms with Crippen LogP contribution in [0, 0.1) is 0 Å². The summed E-state index contributed by atoms with van der Waals surface area (Å²) in [5.41, 5.74) is 6.06. The zero-order chi connectivity index (χ0) is 14.2. The first-order chi connectivity index (χ1) is 8.85. The summed E-state index contributed by atoms with van der Waals surface area (Å²) in [6.07, 6.45) is 0. The first-order valence-corrected chi connectivity index (χ1v) is 7.11. The molecular formula is C10H12ClN5O2S. The Morgan fingerprint density at radius 2 is 2.11 bits per heavy atom. The van der Waals surface area contributed by atoms with E-state index in [9.17, 15) is 8.42 Å². The molecule has 1 aromatic carbocycles. The molecule has 0 atom stereocenters. The van der Waals surface area contributed by atoms with E-state index in [1.54, 1.807) is 13.1 Å². The molecule has 102 valence electrons. The quantitative estimate of drug-likeness (QED) is 0.865. The topological polar surface area (TPSA) is 103 Å². The van der Waals surface area contributed by atoms with Gasteiger partial charge in [-0.05, 0) is 25.2 Å². The number of rotatable bonds is 3. The van der Waals surface area contributed by atoms with Crippen molar-refractivity contribution in [2.45, 2.75) is 4.90 Å². The van der Waals surface area contributed by atoms with Crippen molar-refractivity contribution in [1.29, 1.82) is 0 Å². The Labute approximate surface area is 115 Å². The van der Waals surface area contributed by atoms with Gasteiger partial charge in [0.05, 0.1) is 5.02 Å². The Morgan fingerprint density at radius 3 is 2.63 bits per heavy atom. The highest BCUT2D eigenvalue weighted by Gasteiger charge is 2.18. The molecule has 0 saturated heterocycles. The zero-order valence-electron chi connectivity index (χ0n) is 10.3. The third-order valence-electron chi connectivity index (χ3n) is 2.53. The largest absolute Gasteiger partial charge is 0.366 e. The fraction of sp³-hybridized carbons (Fsp3) is 0.200. The van der Waals surface area contributed by atoms with Crippen molar-refractivity contribution < 1.29 is 8.42 Å². The molecule has 0 bridgehead atoms. The smallest absolute Gasteiger partial charge is 0.241 e. The van der Waals surface area contributed by atoms with Gasteiger partial charge in [0.25, 0.3) is 0 Å². The number of nitrogens with one attached hydrogen (secondary N) is 1. The van der Waals surface area contributed by atoms with Crippen LogP contribution in [-0.2, 0) is 17.1 Å². The number of benzene rings is 1. The Kier molecular flexibility index (Phi) is 3.48. The van der Waals surface area contributed by atoms with Gasteiger partial charge in [-0.2, -0.15) is 4.98 Å². The van der Waals surface area contributed by atoms with Crippen molar-refractivity contribution >= 4 is 27.6 Å². The number of hydrogen-bond donors (Lipinski definition) is 2. The summed E-state index contributed by atoms with van der Waals surface area (Å²) in [5.74, 6) is 0.576. The van der Waals surface area contributed by atoms with Gasteiger partial charge in [-0.1, -0.05) is 11.6 Å². The van der Waals surface area contributed by atoms with Crippen LogP contribution in [0.5, 0.6) is 0 Å². The highest BCUT2D eigenvalue weighted by molar-refractivity contribution is 7.89. The first kappa shape index (κ1) is 13.8. The van der Waals surface area contributed by atoms with E-state index >= 15 is 0 Å². The van der Waals surface area contributed by atoms with Crippen molar-refractivity contribution in [3.05, 3.63) is 23.2 Å². The summed E-state index contributed by atoms with van der Waals surface area (Å²) in [4.78, 5) is 4.01. The summed E-state index contributed by atoms with van der Waals surface area (Å²) in [5, 5.41) is 4.04. The molecule has 0 fully saturated rings. The normalized spacial score (nSPS) is 11.7. The minimum absolute atomic E-state index is 0.0178. The van der Waals surface area contributed by atoms with Gasteiger partial charge in [-0.25, -0.2) is 17.8 Å². The van der Waals surface area contributed by atoms with Crippen LogP contribution < -0.4 is 10.5 Å². The lowest BCUT2D eigenvalue weighted by atomic mass is 10.2. The molecule has 1 heterocycles. The molecule has 0 aliphatic carbocycles.